The van der Waals surface area contributed by atoms with Crippen LogP contribution in [0.25, 0.3) is 0 Å². The number of hydrogen-bond donors (Lipinski definition) is 3. The van der Waals surface area contributed by atoms with E-state index in [2.05, 4.69) is 10.6 Å². The normalized spacial score (nSPS) is 9.58. The lowest BCUT2D eigenvalue weighted by molar-refractivity contribution is -0.135. The SMILES string of the molecule is CC(=O)Nc1ccc(OC(=O)CNC(=O)CN)cc1. The van der Waals surface area contributed by atoms with Gasteiger partial charge in [0.15, 0.2) is 0 Å². The average Bonchev–Trinajstić information content (AvgIpc) is 2.37. The molecule has 0 aliphatic rings. The molecule has 0 fully saturated rings. The molecule has 4 N–H and O–H groups in total. The Morgan fingerprint density at radius 2 is 1.84 bits per heavy atom. The van der Waals surface area contributed by atoms with Gasteiger partial charge in [0.2, 0.25) is 11.8 Å². The number of carbonyl (C=O) groups excluding carboxylic acids is 3. The first-order chi connectivity index (χ1) is 9.01. The molecule has 0 heterocycles. The largest absolute Gasteiger partial charge is 0.425 e. The Hall–Kier alpha value is -2.41. The minimum absolute atomic E-state index is 0.182. The fourth-order valence-corrected chi connectivity index (χ4v) is 1.22. The van der Waals surface area contributed by atoms with Gasteiger partial charge in [-0.15, -0.1) is 0 Å². The maximum atomic E-state index is 11.3. The Morgan fingerprint density at radius 1 is 1.21 bits per heavy atom. The summed E-state index contributed by atoms with van der Waals surface area (Å²) in [7, 11) is 0. The predicted molar refractivity (Wildman–Crippen MR) is 68.4 cm³/mol. The maximum absolute atomic E-state index is 11.3. The third-order valence-electron chi connectivity index (χ3n) is 2.02. The molecule has 0 unspecified atom stereocenters. The minimum atomic E-state index is -0.603. The highest BCUT2D eigenvalue weighted by Crippen LogP contribution is 2.15. The van der Waals surface area contributed by atoms with Crippen LogP contribution in [0.3, 0.4) is 0 Å². The smallest absolute Gasteiger partial charge is 0.330 e. The van der Waals surface area contributed by atoms with E-state index in [4.69, 9.17) is 10.5 Å². The van der Waals surface area contributed by atoms with Gasteiger partial charge < -0.3 is 21.1 Å². The molecular formula is C12H15N3O4. The fourth-order valence-electron chi connectivity index (χ4n) is 1.22. The van der Waals surface area contributed by atoms with Gasteiger partial charge >= 0.3 is 5.97 Å². The van der Waals surface area contributed by atoms with Crippen molar-refractivity contribution in [3.63, 3.8) is 0 Å². The second kappa shape index (κ2) is 7.12. The van der Waals surface area contributed by atoms with Crippen LogP contribution in [0.15, 0.2) is 24.3 Å². The van der Waals surface area contributed by atoms with Crippen LogP contribution < -0.4 is 21.1 Å². The first-order valence-corrected chi connectivity index (χ1v) is 5.56. The van der Waals surface area contributed by atoms with Crippen LogP contribution in [0.4, 0.5) is 5.69 Å². The molecule has 0 aliphatic carbocycles. The third kappa shape index (κ3) is 5.64. The van der Waals surface area contributed by atoms with E-state index in [1.165, 1.54) is 19.1 Å². The number of benzene rings is 1. The zero-order valence-electron chi connectivity index (χ0n) is 10.4. The molecular weight excluding hydrogens is 250 g/mol. The summed E-state index contributed by atoms with van der Waals surface area (Å²) in [5.74, 6) is -0.901. The first kappa shape index (κ1) is 14.7. The van der Waals surface area contributed by atoms with E-state index in [-0.39, 0.29) is 19.0 Å². The molecule has 19 heavy (non-hydrogen) atoms. The van der Waals surface area contributed by atoms with Crippen molar-refractivity contribution in [2.75, 3.05) is 18.4 Å². The monoisotopic (exact) mass is 265 g/mol. The zero-order chi connectivity index (χ0) is 14.3. The van der Waals surface area contributed by atoms with Crippen molar-refractivity contribution in [3.8, 4) is 5.75 Å². The van der Waals surface area contributed by atoms with Crippen molar-refractivity contribution < 1.29 is 19.1 Å². The Bertz CT molecular complexity index is 470. The van der Waals surface area contributed by atoms with Crippen molar-refractivity contribution in [3.05, 3.63) is 24.3 Å². The van der Waals surface area contributed by atoms with Gasteiger partial charge in [-0.3, -0.25) is 9.59 Å². The van der Waals surface area contributed by atoms with Crippen LogP contribution in [0.5, 0.6) is 5.75 Å². The fraction of sp³-hybridized carbons (Fsp3) is 0.250. The van der Waals surface area contributed by atoms with Crippen LogP contribution in [0.1, 0.15) is 6.92 Å². The summed E-state index contributed by atoms with van der Waals surface area (Å²) in [6.45, 7) is 0.968. The molecule has 7 heteroatoms. The summed E-state index contributed by atoms with van der Waals surface area (Å²) in [4.78, 5) is 33.0. The number of amides is 2. The summed E-state index contributed by atoms with van der Waals surface area (Å²) < 4.78 is 4.96. The van der Waals surface area contributed by atoms with Gasteiger partial charge in [0.25, 0.3) is 0 Å². The number of nitrogens with two attached hydrogens (primary N) is 1. The Balaban J connectivity index is 2.46. The lowest BCUT2D eigenvalue weighted by Gasteiger charge is -2.06. The molecule has 0 aromatic heterocycles. The van der Waals surface area contributed by atoms with Crippen LogP contribution in [0.2, 0.25) is 0 Å². The molecule has 1 aromatic carbocycles. The summed E-state index contributed by atoms with van der Waals surface area (Å²) in [6, 6.07) is 6.27. The number of esters is 1. The predicted octanol–water partition coefficient (Wildman–Crippen LogP) is -0.375. The van der Waals surface area contributed by atoms with E-state index in [1.807, 2.05) is 0 Å². The lowest BCUT2D eigenvalue weighted by atomic mass is 10.3. The average molecular weight is 265 g/mol. The van der Waals surface area contributed by atoms with Crippen molar-refractivity contribution >= 4 is 23.5 Å². The highest BCUT2D eigenvalue weighted by molar-refractivity contribution is 5.88. The van der Waals surface area contributed by atoms with E-state index in [0.717, 1.165) is 0 Å². The van der Waals surface area contributed by atoms with Crippen LogP contribution >= 0.6 is 0 Å². The van der Waals surface area contributed by atoms with Crippen molar-refractivity contribution in [1.82, 2.24) is 5.32 Å². The number of hydrogen-bond acceptors (Lipinski definition) is 5. The summed E-state index contributed by atoms with van der Waals surface area (Å²) >= 11 is 0. The highest BCUT2D eigenvalue weighted by atomic mass is 16.5. The first-order valence-electron chi connectivity index (χ1n) is 5.56. The molecule has 1 aromatic rings. The van der Waals surface area contributed by atoms with Crippen LogP contribution in [-0.4, -0.2) is 30.9 Å². The zero-order valence-corrected chi connectivity index (χ0v) is 10.4. The van der Waals surface area contributed by atoms with Gasteiger partial charge in [0.05, 0.1) is 6.54 Å². The Morgan fingerprint density at radius 3 is 2.37 bits per heavy atom. The Labute approximate surface area is 110 Å². The highest BCUT2D eigenvalue weighted by Gasteiger charge is 2.06. The number of nitrogens with one attached hydrogen (secondary N) is 2. The van der Waals surface area contributed by atoms with Crippen LogP contribution in [-0.2, 0) is 14.4 Å². The quantitative estimate of drug-likeness (QED) is 0.496. The number of rotatable bonds is 5. The number of anilines is 1. The molecule has 0 atom stereocenters. The van der Waals surface area contributed by atoms with Crippen molar-refractivity contribution in [2.45, 2.75) is 6.92 Å². The molecule has 2 amide bonds. The van der Waals surface area contributed by atoms with Gasteiger partial charge in [0, 0.05) is 12.6 Å². The van der Waals surface area contributed by atoms with E-state index in [0.29, 0.717) is 11.4 Å². The van der Waals surface area contributed by atoms with Crippen molar-refractivity contribution in [2.24, 2.45) is 5.73 Å². The van der Waals surface area contributed by atoms with Crippen LogP contribution in [0, 0.1) is 0 Å². The number of ether oxygens (including phenoxy) is 1. The molecule has 102 valence electrons. The van der Waals surface area contributed by atoms with Gasteiger partial charge in [0.1, 0.15) is 12.3 Å². The van der Waals surface area contributed by atoms with E-state index < -0.39 is 11.9 Å². The maximum Gasteiger partial charge on any atom is 0.330 e. The summed E-state index contributed by atoms with van der Waals surface area (Å²) in [6.07, 6.45) is 0. The topological polar surface area (TPSA) is 111 Å². The molecule has 1 rings (SSSR count). The van der Waals surface area contributed by atoms with Gasteiger partial charge in [-0.25, -0.2) is 4.79 Å². The molecule has 7 nitrogen and oxygen atoms in total. The van der Waals surface area contributed by atoms with Gasteiger partial charge in [-0.05, 0) is 24.3 Å². The molecule has 0 bridgehead atoms. The second-order valence-electron chi connectivity index (χ2n) is 3.66. The standard InChI is InChI=1S/C12H15N3O4/c1-8(16)15-9-2-4-10(5-3-9)19-12(18)7-14-11(17)6-13/h2-5H,6-7,13H2,1H3,(H,14,17)(H,15,16). The minimum Gasteiger partial charge on any atom is -0.425 e. The molecule has 0 saturated heterocycles. The molecule has 0 saturated carbocycles. The molecule has 0 aliphatic heterocycles. The lowest BCUT2D eigenvalue weighted by Crippen LogP contribution is -2.35. The second-order valence-corrected chi connectivity index (χ2v) is 3.66. The van der Waals surface area contributed by atoms with E-state index in [9.17, 15) is 14.4 Å². The molecule has 0 radical (unpaired) electrons. The summed E-state index contributed by atoms with van der Waals surface area (Å²) in [5, 5.41) is 4.88. The van der Waals surface area contributed by atoms with E-state index >= 15 is 0 Å². The Kier molecular flexibility index (Phi) is 5.49. The van der Waals surface area contributed by atoms with Gasteiger partial charge in [-0.1, -0.05) is 0 Å². The van der Waals surface area contributed by atoms with Gasteiger partial charge in [-0.2, -0.15) is 0 Å². The number of carbonyl (C=O) groups is 3. The van der Waals surface area contributed by atoms with Crippen molar-refractivity contribution in [1.29, 1.82) is 0 Å². The van der Waals surface area contributed by atoms with E-state index in [1.54, 1.807) is 12.1 Å². The third-order valence-corrected chi connectivity index (χ3v) is 2.02. The molecule has 0 spiro atoms. The summed E-state index contributed by atoms with van der Waals surface area (Å²) in [5.41, 5.74) is 5.67.